The maximum absolute atomic E-state index is 12.8. The fourth-order valence-electron chi connectivity index (χ4n) is 2.50. The van der Waals surface area contributed by atoms with E-state index in [1.807, 2.05) is 0 Å². The van der Waals surface area contributed by atoms with Gasteiger partial charge < -0.3 is 14.9 Å². The first-order chi connectivity index (χ1) is 10.3. The van der Waals surface area contributed by atoms with Crippen LogP contribution in [0.4, 0.5) is 0 Å². The lowest BCUT2D eigenvalue weighted by atomic mass is 9.96. The highest BCUT2D eigenvalue weighted by Crippen LogP contribution is 2.30. The first kappa shape index (κ1) is 16.7. The molecule has 1 aromatic rings. The Morgan fingerprint density at radius 3 is 2.68 bits per heavy atom. The molecule has 8 heteroatoms. The molecule has 0 amide bonds. The van der Waals surface area contributed by atoms with E-state index in [2.05, 4.69) is 0 Å². The van der Waals surface area contributed by atoms with E-state index in [0.29, 0.717) is 0 Å². The van der Waals surface area contributed by atoms with Crippen molar-refractivity contribution in [1.82, 2.24) is 4.31 Å². The van der Waals surface area contributed by atoms with E-state index in [1.165, 1.54) is 13.2 Å². The van der Waals surface area contributed by atoms with Crippen LogP contribution in [-0.2, 0) is 14.8 Å². The van der Waals surface area contributed by atoms with E-state index in [1.54, 1.807) is 19.1 Å². The van der Waals surface area contributed by atoms with Gasteiger partial charge in [0.25, 0.3) is 0 Å². The predicted molar refractivity (Wildman–Crippen MR) is 78.2 cm³/mol. The molecule has 2 rings (SSSR count). The molecule has 2 N–H and O–H groups in total. The number of aryl methyl sites for hydroxylation is 1. The number of methoxy groups -OCH3 is 1. The van der Waals surface area contributed by atoms with Crippen LogP contribution in [0.3, 0.4) is 0 Å². The molecule has 0 aromatic heterocycles. The summed E-state index contributed by atoms with van der Waals surface area (Å²) >= 11 is 0. The average molecular weight is 329 g/mol. The first-order valence-electron chi connectivity index (χ1n) is 6.83. The van der Waals surface area contributed by atoms with Crippen molar-refractivity contribution in [3.63, 3.8) is 0 Å². The number of piperidine rings is 1. The molecule has 0 saturated carbocycles. The van der Waals surface area contributed by atoms with Crippen LogP contribution in [0.1, 0.15) is 12.0 Å². The number of benzene rings is 1. The van der Waals surface area contributed by atoms with Crippen LogP contribution in [0.25, 0.3) is 0 Å². The summed E-state index contributed by atoms with van der Waals surface area (Å²) in [5.41, 5.74) is 0.756. The SMILES string of the molecule is COc1ccc(C)cc1S(=O)(=O)N1CC[C@H](O)[C@@H](C(=O)O)C1. The number of hydrogen-bond donors (Lipinski definition) is 2. The zero-order valence-electron chi connectivity index (χ0n) is 12.4. The third-order valence-electron chi connectivity index (χ3n) is 3.79. The lowest BCUT2D eigenvalue weighted by molar-refractivity contribution is -0.147. The van der Waals surface area contributed by atoms with Gasteiger partial charge >= 0.3 is 5.97 Å². The quantitative estimate of drug-likeness (QED) is 0.831. The smallest absolute Gasteiger partial charge is 0.310 e. The monoisotopic (exact) mass is 329 g/mol. The Kier molecular flexibility index (Phi) is 4.74. The van der Waals surface area contributed by atoms with Crippen molar-refractivity contribution in [3.05, 3.63) is 23.8 Å². The second-order valence-corrected chi connectivity index (χ2v) is 7.22. The van der Waals surface area contributed by atoms with Gasteiger partial charge in [0.2, 0.25) is 10.0 Å². The van der Waals surface area contributed by atoms with E-state index >= 15 is 0 Å². The molecular weight excluding hydrogens is 310 g/mol. The van der Waals surface area contributed by atoms with Gasteiger partial charge in [0, 0.05) is 13.1 Å². The highest BCUT2D eigenvalue weighted by molar-refractivity contribution is 7.89. The molecule has 0 aliphatic carbocycles. The van der Waals surface area contributed by atoms with Gasteiger partial charge in [0.15, 0.2) is 0 Å². The van der Waals surface area contributed by atoms with Crippen molar-refractivity contribution in [3.8, 4) is 5.75 Å². The molecule has 1 heterocycles. The average Bonchev–Trinajstić information content (AvgIpc) is 2.47. The Morgan fingerprint density at radius 1 is 1.41 bits per heavy atom. The van der Waals surface area contributed by atoms with Gasteiger partial charge in [0.05, 0.1) is 19.1 Å². The Hall–Kier alpha value is -1.64. The number of carbonyl (C=O) groups is 1. The number of carboxylic acid groups (broad SMARTS) is 1. The van der Waals surface area contributed by atoms with Crippen LogP contribution >= 0.6 is 0 Å². The number of hydrogen-bond acceptors (Lipinski definition) is 5. The Labute approximate surface area is 129 Å². The third-order valence-corrected chi connectivity index (χ3v) is 5.68. The number of nitrogens with zero attached hydrogens (tertiary/aromatic N) is 1. The Bertz CT molecular complexity index is 672. The molecule has 22 heavy (non-hydrogen) atoms. The lowest BCUT2D eigenvalue weighted by Crippen LogP contribution is -2.48. The van der Waals surface area contributed by atoms with E-state index in [0.717, 1.165) is 9.87 Å². The first-order valence-corrected chi connectivity index (χ1v) is 8.27. The van der Waals surface area contributed by atoms with Crippen LogP contribution in [0.2, 0.25) is 0 Å². The molecule has 1 saturated heterocycles. The Balaban J connectivity index is 2.39. The van der Waals surface area contributed by atoms with Gasteiger partial charge in [-0.25, -0.2) is 8.42 Å². The number of ether oxygens (including phenoxy) is 1. The van der Waals surface area contributed by atoms with Crippen LogP contribution in [0, 0.1) is 12.8 Å². The lowest BCUT2D eigenvalue weighted by Gasteiger charge is -2.33. The molecule has 0 radical (unpaired) electrons. The largest absolute Gasteiger partial charge is 0.495 e. The minimum Gasteiger partial charge on any atom is -0.495 e. The Morgan fingerprint density at radius 2 is 2.09 bits per heavy atom. The minimum atomic E-state index is -3.88. The van der Waals surface area contributed by atoms with Gasteiger partial charge in [-0.15, -0.1) is 0 Å². The van der Waals surface area contributed by atoms with Gasteiger partial charge in [-0.05, 0) is 31.0 Å². The second-order valence-electron chi connectivity index (χ2n) is 5.32. The summed E-state index contributed by atoms with van der Waals surface area (Å²) in [6, 6.07) is 4.79. The molecule has 1 aromatic carbocycles. The standard InChI is InChI=1S/C14H19NO6S/c1-9-3-4-12(21-2)13(7-9)22(19,20)15-6-5-11(16)10(8-15)14(17)18/h3-4,7,10-11,16H,5-6,8H2,1-2H3,(H,17,18)/t10-,11-/m0/s1. The molecule has 0 spiro atoms. The van der Waals surface area contributed by atoms with E-state index < -0.39 is 28.0 Å². The van der Waals surface area contributed by atoms with Gasteiger partial charge in [0.1, 0.15) is 10.6 Å². The number of sulfonamides is 1. The van der Waals surface area contributed by atoms with Crippen molar-refractivity contribution >= 4 is 16.0 Å². The van der Waals surface area contributed by atoms with Crippen molar-refractivity contribution in [1.29, 1.82) is 0 Å². The van der Waals surface area contributed by atoms with Crippen molar-refractivity contribution in [2.45, 2.75) is 24.3 Å². The van der Waals surface area contributed by atoms with E-state index in [9.17, 15) is 18.3 Å². The molecule has 0 bridgehead atoms. The number of aliphatic hydroxyl groups excluding tert-OH is 1. The van der Waals surface area contributed by atoms with Crippen LogP contribution in [0.5, 0.6) is 5.75 Å². The maximum Gasteiger partial charge on any atom is 0.310 e. The molecular formula is C14H19NO6S. The van der Waals surface area contributed by atoms with Crippen molar-refractivity contribution in [2.24, 2.45) is 5.92 Å². The number of aliphatic carboxylic acids is 1. The highest BCUT2D eigenvalue weighted by atomic mass is 32.2. The molecule has 1 aliphatic rings. The van der Waals surface area contributed by atoms with Crippen molar-refractivity contribution < 1.29 is 28.2 Å². The zero-order chi connectivity index (χ0) is 16.5. The molecule has 2 atom stereocenters. The second kappa shape index (κ2) is 6.23. The van der Waals surface area contributed by atoms with Crippen molar-refractivity contribution in [2.75, 3.05) is 20.2 Å². The summed E-state index contributed by atoms with van der Waals surface area (Å²) in [5, 5.41) is 18.8. The molecule has 7 nitrogen and oxygen atoms in total. The fraction of sp³-hybridized carbons (Fsp3) is 0.500. The van der Waals surface area contributed by atoms with Crippen LogP contribution in [-0.4, -0.2) is 55.2 Å². The predicted octanol–water partition coefficient (Wildman–Crippen LogP) is 0.460. The summed E-state index contributed by atoms with van der Waals surface area (Å²) in [5.74, 6) is -2.12. The maximum atomic E-state index is 12.8. The fourth-order valence-corrected chi connectivity index (χ4v) is 4.22. The topological polar surface area (TPSA) is 104 Å². The summed E-state index contributed by atoms with van der Waals surface area (Å²) in [6.07, 6.45) is -0.951. The summed E-state index contributed by atoms with van der Waals surface area (Å²) in [4.78, 5) is 11.2. The summed E-state index contributed by atoms with van der Waals surface area (Å²) in [6.45, 7) is 1.58. The highest BCUT2D eigenvalue weighted by Gasteiger charge is 2.39. The molecule has 1 fully saturated rings. The summed E-state index contributed by atoms with van der Waals surface area (Å²) < 4.78 is 31.7. The van der Waals surface area contributed by atoms with Crippen LogP contribution in [0.15, 0.2) is 23.1 Å². The number of carboxylic acids is 1. The molecule has 122 valence electrons. The minimum absolute atomic E-state index is 0.00975. The van der Waals surface area contributed by atoms with Gasteiger partial charge in [-0.2, -0.15) is 4.31 Å². The van der Waals surface area contributed by atoms with E-state index in [4.69, 9.17) is 9.84 Å². The summed E-state index contributed by atoms with van der Waals surface area (Å²) in [7, 11) is -2.50. The molecule has 1 aliphatic heterocycles. The zero-order valence-corrected chi connectivity index (χ0v) is 13.2. The van der Waals surface area contributed by atoms with Crippen LogP contribution < -0.4 is 4.74 Å². The van der Waals surface area contributed by atoms with Gasteiger partial charge in [-0.3, -0.25) is 4.79 Å². The number of rotatable bonds is 4. The van der Waals surface area contributed by atoms with Gasteiger partial charge in [-0.1, -0.05) is 6.07 Å². The third kappa shape index (κ3) is 3.08. The van der Waals surface area contributed by atoms with E-state index in [-0.39, 0.29) is 30.2 Å². The normalized spacial score (nSPS) is 23.2. The number of aliphatic hydroxyl groups is 1. The molecule has 0 unspecified atom stereocenters.